The Balaban J connectivity index is 2.07. The molecule has 0 saturated carbocycles. The molecule has 0 aliphatic rings. The maximum Gasteiger partial charge on any atom is 0.416 e. The van der Waals surface area contributed by atoms with Crippen LogP contribution in [0.15, 0.2) is 42.6 Å². The lowest BCUT2D eigenvalue weighted by Gasteiger charge is -2.19. The van der Waals surface area contributed by atoms with Crippen LogP contribution in [0.3, 0.4) is 0 Å². The van der Waals surface area contributed by atoms with E-state index in [0.717, 1.165) is 33.8 Å². The van der Waals surface area contributed by atoms with E-state index in [1.807, 2.05) is 30.7 Å². The van der Waals surface area contributed by atoms with Gasteiger partial charge in [-0.2, -0.15) is 24.9 Å². The van der Waals surface area contributed by atoms with Crippen LogP contribution in [0.2, 0.25) is 0 Å². The van der Waals surface area contributed by atoms with Crippen molar-refractivity contribution < 1.29 is 21.7 Å². The predicted molar refractivity (Wildman–Crippen MR) is 113 cm³/mol. The standard InChI is InChI=1S/C21H21F4NOS2/c1-28-12-13-4-3-5-17-18(11-26-20(13)17)15(8-9-27-29-2)16-7-6-14(10-19(16)22)21(23,24)25/h3-7,10-11,15,26H,8-9,12H2,1-2H3. The molecule has 1 aromatic heterocycles. The van der Waals surface area contributed by atoms with Gasteiger partial charge in [0.1, 0.15) is 5.82 Å². The molecule has 1 heterocycles. The number of halogens is 4. The Hall–Kier alpha value is -1.64. The van der Waals surface area contributed by atoms with E-state index in [0.29, 0.717) is 19.1 Å². The van der Waals surface area contributed by atoms with Gasteiger partial charge in [0.2, 0.25) is 0 Å². The maximum atomic E-state index is 14.8. The lowest BCUT2D eigenvalue weighted by molar-refractivity contribution is -0.137. The Bertz CT molecular complexity index is 971. The number of hydrogen-bond donors (Lipinski definition) is 1. The summed E-state index contributed by atoms with van der Waals surface area (Å²) in [7, 11) is 0. The van der Waals surface area contributed by atoms with Crippen LogP contribution in [-0.4, -0.2) is 24.1 Å². The molecule has 0 bridgehead atoms. The summed E-state index contributed by atoms with van der Waals surface area (Å²) in [5.74, 6) is -0.460. The number of thioether (sulfide) groups is 1. The highest BCUT2D eigenvalue weighted by Crippen LogP contribution is 2.38. The Kier molecular flexibility index (Phi) is 7.19. The van der Waals surface area contributed by atoms with Gasteiger partial charge >= 0.3 is 6.18 Å². The second-order valence-electron chi connectivity index (χ2n) is 6.58. The van der Waals surface area contributed by atoms with Gasteiger partial charge in [-0.25, -0.2) is 4.39 Å². The van der Waals surface area contributed by atoms with Gasteiger partial charge in [0.15, 0.2) is 0 Å². The Morgan fingerprint density at radius 2 is 1.90 bits per heavy atom. The van der Waals surface area contributed by atoms with Crippen molar-refractivity contribution in [2.24, 2.45) is 0 Å². The number of hydrogen-bond acceptors (Lipinski definition) is 3. The number of para-hydroxylation sites is 1. The lowest BCUT2D eigenvalue weighted by atomic mass is 9.87. The van der Waals surface area contributed by atoms with Crippen LogP contribution in [-0.2, 0) is 16.1 Å². The summed E-state index contributed by atoms with van der Waals surface area (Å²) in [6.45, 7) is 0.351. The zero-order chi connectivity index (χ0) is 21.0. The molecule has 0 spiro atoms. The number of aromatic nitrogens is 1. The molecule has 0 aliphatic heterocycles. The number of H-pyrrole nitrogens is 1. The zero-order valence-electron chi connectivity index (χ0n) is 16.0. The minimum atomic E-state index is -4.58. The van der Waals surface area contributed by atoms with E-state index in [2.05, 4.69) is 4.98 Å². The van der Waals surface area contributed by atoms with Gasteiger partial charge in [-0.15, -0.1) is 0 Å². The molecule has 0 saturated heterocycles. The second-order valence-corrected chi connectivity index (χ2v) is 8.02. The second kappa shape index (κ2) is 9.45. The first kappa shape index (κ1) is 22.1. The summed E-state index contributed by atoms with van der Waals surface area (Å²) in [6, 6.07) is 8.69. The fraction of sp³-hybridized carbons (Fsp3) is 0.333. The molecule has 1 unspecified atom stereocenters. The minimum Gasteiger partial charge on any atom is -0.361 e. The van der Waals surface area contributed by atoms with Crippen LogP contribution in [0, 0.1) is 5.82 Å². The summed E-state index contributed by atoms with van der Waals surface area (Å²) >= 11 is 2.90. The Labute approximate surface area is 175 Å². The fourth-order valence-corrected chi connectivity index (χ4v) is 4.33. The highest BCUT2D eigenvalue weighted by Gasteiger charge is 2.32. The first-order valence-corrected chi connectivity index (χ1v) is 11.5. The van der Waals surface area contributed by atoms with E-state index in [1.54, 1.807) is 18.0 Å². The van der Waals surface area contributed by atoms with Gasteiger partial charge < -0.3 is 9.17 Å². The van der Waals surface area contributed by atoms with Crippen molar-refractivity contribution in [1.82, 2.24) is 4.98 Å². The monoisotopic (exact) mass is 443 g/mol. The van der Waals surface area contributed by atoms with E-state index < -0.39 is 23.5 Å². The highest BCUT2D eigenvalue weighted by molar-refractivity contribution is 7.97. The maximum absolute atomic E-state index is 14.8. The molecule has 0 radical (unpaired) electrons. The number of aromatic amines is 1. The van der Waals surface area contributed by atoms with Crippen LogP contribution < -0.4 is 0 Å². The van der Waals surface area contributed by atoms with Crippen LogP contribution in [0.4, 0.5) is 17.6 Å². The van der Waals surface area contributed by atoms with Crippen molar-refractivity contribution in [1.29, 1.82) is 0 Å². The van der Waals surface area contributed by atoms with Crippen LogP contribution in [0.25, 0.3) is 10.9 Å². The van der Waals surface area contributed by atoms with E-state index >= 15 is 0 Å². The van der Waals surface area contributed by atoms with Gasteiger partial charge in [0.05, 0.1) is 12.2 Å². The normalized spacial score (nSPS) is 13.2. The predicted octanol–water partition coefficient (Wildman–Crippen LogP) is 7.01. The molecule has 0 fully saturated rings. The third-order valence-electron chi connectivity index (χ3n) is 4.82. The lowest BCUT2D eigenvalue weighted by Crippen LogP contribution is -2.10. The van der Waals surface area contributed by atoms with E-state index in [-0.39, 0.29) is 5.56 Å². The van der Waals surface area contributed by atoms with Crippen molar-refractivity contribution in [3.63, 3.8) is 0 Å². The molecule has 3 aromatic rings. The average molecular weight is 444 g/mol. The molecule has 1 N–H and O–H groups in total. The molecule has 1 atom stereocenters. The largest absolute Gasteiger partial charge is 0.416 e. The third kappa shape index (κ3) is 4.92. The molecule has 8 heteroatoms. The summed E-state index contributed by atoms with van der Waals surface area (Å²) in [6.07, 6.45) is 1.50. The van der Waals surface area contributed by atoms with E-state index in [9.17, 15) is 17.6 Å². The Morgan fingerprint density at radius 3 is 2.55 bits per heavy atom. The summed E-state index contributed by atoms with van der Waals surface area (Å²) in [4.78, 5) is 3.28. The van der Waals surface area contributed by atoms with E-state index in [4.69, 9.17) is 4.18 Å². The van der Waals surface area contributed by atoms with Gasteiger partial charge in [-0.3, -0.25) is 0 Å². The van der Waals surface area contributed by atoms with Gasteiger partial charge in [-0.1, -0.05) is 24.3 Å². The van der Waals surface area contributed by atoms with Crippen LogP contribution in [0.5, 0.6) is 0 Å². The fourth-order valence-electron chi connectivity index (χ4n) is 3.52. The Morgan fingerprint density at radius 1 is 1.10 bits per heavy atom. The van der Waals surface area contributed by atoms with Crippen molar-refractivity contribution in [3.8, 4) is 0 Å². The number of fused-ring (bicyclic) bond motifs is 1. The first-order valence-electron chi connectivity index (χ1n) is 8.96. The van der Waals surface area contributed by atoms with Crippen molar-refractivity contribution in [2.45, 2.75) is 24.3 Å². The van der Waals surface area contributed by atoms with Crippen LogP contribution >= 0.6 is 23.8 Å². The molecule has 2 nitrogen and oxygen atoms in total. The number of rotatable bonds is 8. The summed E-state index contributed by atoms with van der Waals surface area (Å²) in [5, 5.41) is 0.949. The SMILES string of the molecule is CSCc1cccc2c(C(CCOSC)c3ccc(C(F)(F)F)cc3F)c[nH]c12. The van der Waals surface area contributed by atoms with Crippen molar-refractivity contribution in [3.05, 3.63) is 70.7 Å². The molecule has 0 aliphatic carbocycles. The molecule has 29 heavy (non-hydrogen) atoms. The smallest absolute Gasteiger partial charge is 0.361 e. The quantitative estimate of drug-likeness (QED) is 0.230. The molecule has 3 rings (SSSR count). The highest BCUT2D eigenvalue weighted by atomic mass is 32.2. The van der Waals surface area contributed by atoms with Crippen molar-refractivity contribution in [2.75, 3.05) is 19.1 Å². The van der Waals surface area contributed by atoms with Gasteiger partial charge in [0, 0.05) is 35.0 Å². The number of nitrogens with one attached hydrogen (secondary N) is 1. The molecule has 0 amide bonds. The molecular formula is C21H21F4NOS2. The first-order chi connectivity index (χ1) is 13.9. The summed E-state index contributed by atoms with van der Waals surface area (Å²) < 4.78 is 59.0. The van der Waals surface area contributed by atoms with Crippen LogP contribution in [0.1, 0.15) is 34.6 Å². The van der Waals surface area contributed by atoms with Gasteiger partial charge in [0.25, 0.3) is 0 Å². The average Bonchev–Trinajstić information content (AvgIpc) is 3.10. The number of benzene rings is 2. The summed E-state index contributed by atoms with van der Waals surface area (Å²) in [5.41, 5.74) is 2.21. The zero-order valence-corrected chi connectivity index (χ0v) is 17.6. The van der Waals surface area contributed by atoms with Crippen molar-refractivity contribution >= 4 is 34.7 Å². The molecule has 156 valence electrons. The minimum absolute atomic E-state index is 0.235. The molecular weight excluding hydrogens is 422 g/mol. The van der Waals surface area contributed by atoms with E-state index in [1.165, 1.54) is 18.1 Å². The molecule has 2 aromatic carbocycles. The topological polar surface area (TPSA) is 25.0 Å². The number of alkyl halides is 3. The van der Waals surface area contributed by atoms with Gasteiger partial charge in [-0.05, 0) is 53.5 Å². The third-order valence-corrected chi connectivity index (χ3v) is 5.82.